The number of carbonyl (C=O) groups is 1. The van der Waals surface area contributed by atoms with Crippen LogP contribution in [0.25, 0.3) is 0 Å². The van der Waals surface area contributed by atoms with Crippen molar-refractivity contribution in [2.75, 3.05) is 13.1 Å². The predicted molar refractivity (Wildman–Crippen MR) is 100 cm³/mol. The first-order chi connectivity index (χ1) is 12.0. The summed E-state index contributed by atoms with van der Waals surface area (Å²) in [6.45, 7) is 3.04. The highest BCUT2D eigenvalue weighted by molar-refractivity contribution is 7.89. The van der Waals surface area contributed by atoms with Crippen LogP contribution in [-0.4, -0.2) is 27.4 Å². The van der Waals surface area contributed by atoms with Crippen LogP contribution >= 0.6 is 0 Å². The molecule has 1 aliphatic rings. The zero-order chi connectivity index (χ0) is 18.1. The lowest BCUT2D eigenvalue weighted by molar-refractivity contribution is 0.0953. The first-order valence-corrected chi connectivity index (χ1v) is 10.6. The normalized spacial score (nSPS) is 14.8. The molecular formula is C19H28N2O3S. The average Bonchev–Trinajstić information content (AvgIpc) is 2.63. The summed E-state index contributed by atoms with van der Waals surface area (Å²) in [5, 5.41) is 2.80. The van der Waals surface area contributed by atoms with Crippen LogP contribution in [0.2, 0.25) is 0 Å². The Morgan fingerprint density at radius 2 is 2.04 bits per heavy atom. The molecule has 0 aliphatic heterocycles. The Bertz CT molecular complexity index is 711. The van der Waals surface area contributed by atoms with Crippen LogP contribution in [0.3, 0.4) is 0 Å². The monoisotopic (exact) mass is 364 g/mol. The van der Waals surface area contributed by atoms with E-state index in [0.29, 0.717) is 18.7 Å². The number of nitrogens with one attached hydrogen (secondary N) is 2. The van der Waals surface area contributed by atoms with Crippen molar-refractivity contribution < 1.29 is 13.2 Å². The highest BCUT2D eigenvalue weighted by Crippen LogP contribution is 2.20. The van der Waals surface area contributed by atoms with Gasteiger partial charge in [-0.1, -0.05) is 31.1 Å². The van der Waals surface area contributed by atoms with Crippen molar-refractivity contribution in [3.8, 4) is 0 Å². The van der Waals surface area contributed by atoms with Crippen molar-refractivity contribution in [2.45, 2.75) is 56.8 Å². The van der Waals surface area contributed by atoms with Gasteiger partial charge >= 0.3 is 0 Å². The lowest BCUT2D eigenvalue weighted by Crippen LogP contribution is -2.27. The highest BCUT2D eigenvalue weighted by atomic mass is 32.2. The SMILES string of the molecule is CCCCNC(=O)c1cccc(S(=O)(=O)NCCC2=CCCCC2)c1. The zero-order valence-electron chi connectivity index (χ0n) is 14.9. The van der Waals surface area contributed by atoms with E-state index in [9.17, 15) is 13.2 Å². The molecule has 1 aliphatic carbocycles. The van der Waals surface area contributed by atoms with Gasteiger partial charge in [0.05, 0.1) is 4.90 Å². The predicted octanol–water partition coefficient (Wildman–Crippen LogP) is 3.39. The van der Waals surface area contributed by atoms with Crippen LogP contribution < -0.4 is 10.0 Å². The number of sulfonamides is 1. The number of hydrogen-bond donors (Lipinski definition) is 2. The van der Waals surface area contributed by atoms with Crippen molar-refractivity contribution in [1.82, 2.24) is 10.0 Å². The molecule has 0 spiro atoms. The molecule has 25 heavy (non-hydrogen) atoms. The van der Waals surface area contributed by atoms with E-state index < -0.39 is 10.0 Å². The van der Waals surface area contributed by atoms with Crippen LogP contribution in [0.15, 0.2) is 40.8 Å². The molecule has 0 unspecified atom stereocenters. The van der Waals surface area contributed by atoms with E-state index in [1.807, 2.05) is 6.92 Å². The van der Waals surface area contributed by atoms with E-state index in [-0.39, 0.29) is 10.8 Å². The molecule has 0 heterocycles. The van der Waals surface area contributed by atoms with Gasteiger partial charge in [-0.3, -0.25) is 4.79 Å². The van der Waals surface area contributed by atoms with Crippen LogP contribution in [0.5, 0.6) is 0 Å². The molecule has 0 radical (unpaired) electrons. The van der Waals surface area contributed by atoms with Gasteiger partial charge in [0.2, 0.25) is 10.0 Å². The number of rotatable bonds is 9. The van der Waals surface area contributed by atoms with Gasteiger partial charge < -0.3 is 5.32 Å². The first kappa shape index (κ1) is 19.7. The van der Waals surface area contributed by atoms with Gasteiger partial charge in [-0.2, -0.15) is 0 Å². The molecule has 0 bridgehead atoms. The summed E-state index contributed by atoms with van der Waals surface area (Å²) < 4.78 is 27.5. The maximum Gasteiger partial charge on any atom is 0.251 e. The molecule has 1 amide bonds. The van der Waals surface area contributed by atoms with Gasteiger partial charge in [-0.05, 0) is 56.7 Å². The summed E-state index contributed by atoms with van der Waals surface area (Å²) in [6, 6.07) is 6.19. The second kappa shape index (κ2) is 9.73. The number of benzene rings is 1. The van der Waals surface area contributed by atoms with E-state index in [1.165, 1.54) is 30.5 Å². The summed E-state index contributed by atoms with van der Waals surface area (Å²) in [5.74, 6) is -0.238. The fourth-order valence-corrected chi connectivity index (χ4v) is 3.92. The van der Waals surface area contributed by atoms with Crippen molar-refractivity contribution in [2.24, 2.45) is 0 Å². The van der Waals surface area contributed by atoms with Crippen LogP contribution in [0, 0.1) is 0 Å². The maximum absolute atomic E-state index is 12.4. The summed E-state index contributed by atoms with van der Waals surface area (Å²) in [4.78, 5) is 12.2. The first-order valence-electron chi connectivity index (χ1n) is 9.09. The molecule has 1 aromatic rings. The summed E-state index contributed by atoms with van der Waals surface area (Å²) in [6.07, 6.45) is 9.44. The van der Waals surface area contributed by atoms with Gasteiger partial charge in [0.25, 0.3) is 5.91 Å². The second-order valence-corrected chi connectivity index (χ2v) is 8.16. The van der Waals surface area contributed by atoms with Gasteiger partial charge in [-0.15, -0.1) is 0 Å². The molecular weight excluding hydrogens is 336 g/mol. The minimum absolute atomic E-state index is 0.133. The standard InChI is InChI=1S/C19H28N2O3S/c1-2-3-13-20-19(22)17-10-7-11-18(15-17)25(23,24)21-14-12-16-8-5-4-6-9-16/h7-8,10-11,15,21H,2-6,9,12-14H2,1H3,(H,20,22). The molecule has 0 fully saturated rings. The molecule has 1 aromatic carbocycles. The quantitative estimate of drug-likeness (QED) is 0.521. The molecule has 138 valence electrons. The Kier molecular flexibility index (Phi) is 7.65. The van der Waals surface area contributed by atoms with Gasteiger partial charge in [0.1, 0.15) is 0 Å². The van der Waals surface area contributed by atoms with Crippen LogP contribution in [-0.2, 0) is 10.0 Å². The Morgan fingerprint density at radius 3 is 2.76 bits per heavy atom. The number of unbranched alkanes of at least 4 members (excludes halogenated alkanes) is 1. The summed E-state index contributed by atoms with van der Waals surface area (Å²) >= 11 is 0. The summed E-state index contributed by atoms with van der Waals surface area (Å²) in [7, 11) is -3.60. The Hall–Kier alpha value is -1.66. The Balaban J connectivity index is 1.95. The fourth-order valence-electron chi connectivity index (χ4n) is 2.85. The molecule has 0 aromatic heterocycles. The fraction of sp³-hybridized carbons (Fsp3) is 0.526. The number of hydrogen-bond acceptors (Lipinski definition) is 3. The van der Waals surface area contributed by atoms with E-state index in [1.54, 1.807) is 12.1 Å². The number of carbonyl (C=O) groups excluding carboxylic acids is 1. The van der Waals surface area contributed by atoms with Crippen LogP contribution in [0.4, 0.5) is 0 Å². The third-order valence-corrected chi connectivity index (χ3v) is 5.80. The Labute approximate surface area is 151 Å². The zero-order valence-corrected chi connectivity index (χ0v) is 15.7. The van der Waals surface area contributed by atoms with E-state index in [2.05, 4.69) is 16.1 Å². The summed E-state index contributed by atoms with van der Waals surface area (Å²) in [5.41, 5.74) is 1.70. The highest BCUT2D eigenvalue weighted by Gasteiger charge is 2.16. The lowest BCUT2D eigenvalue weighted by atomic mass is 9.97. The molecule has 6 heteroatoms. The average molecular weight is 365 g/mol. The third-order valence-electron chi connectivity index (χ3n) is 4.35. The van der Waals surface area contributed by atoms with E-state index in [4.69, 9.17) is 0 Å². The molecule has 0 atom stereocenters. The largest absolute Gasteiger partial charge is 0.352 e. The molecule has 0 saturated carbocycles. The van der Waals surface area contributed by atoms with Crippen molar-refractivity contribution in [1.29, 1.82) is 0 Å². The molecule has 5 nitrogen and oxygen atoms in total. The molecule has 2 N–H and O–H groups in total. The minimum Gasteiger partial charge on any atom is -0.352 e. The van der Waals surface area contributed by atoms with Gasteiger partial charge in [0.15, 0.2) is 0 Å². The number of amides is 1. The third kappa shape index (κ3) is 6.29. The maximum atomic E-state index is 12.4. The number of allylic oxidation sites excluding steroid dienone is 1. The van der Waals surface area contributed by atoms with Crippen molar-refractivity contribution in [3.63, 3.8) is 0 Å². The molecule has 0 saturated heterocycles. The van der Waals surface area contributed by atoms with Gasteiger partial charge in [0, 0.05) is 18.7 Å². The molecule has 2 rings (SSSR count). The van der Waals surface area contributed by atoms with Gasteiger partial charge in [-0.25, -0.2) is 13.1 Å². The van der Waals surface area contributed by atoms with E-state index in [0.717, 1.165) is 32.1 Å². The lowest BCUT2D eigenvalue weighted by Gasteiger charge is -2.13. The smallest absolute Gasteiger partial charge is 0.251 e. The minimum atomic E-state index is -3.60. The Morgan fingerprint density at radius 1 is 1.20 bits per heavy atom. The van der Waals surface area contributed by atoms with Crippen molar-refractivity contribution in [3.05, 3.63) is 41.5 Å². The topological polar surface area (TPSA) is 75.3 Å². The van der Waals surface area contributed by atoms with Crippen molar-refractivity contribution >= 4 is 15.9 Å². The van der Waals surface area contributed by atoms with Crippen LogP contribution in [0.1, 0.15) is 62.2 Å². The van der Waals surface area contributed by atoms with E-state index >= 15 is 0 Å². The second-order valence-electron chi connectivity index (χ2n) is 6.39.